The van der Waals surface area contributed by atoms with Gasteiger partial charge in [0.15, 0.2) is 0 Å². The second-order valence-corrected chi connectivity index (χ2v) is 6.67. The molecule has 0 radical (unpaired) electrons. The van der Waals surface area contributed by atoms with Crippen molar-refractivity contribution in [2.75, 3.05) is 0 Å². The van der Waals surface area contributed by atoms with Gasteiger partial charge < -0.3 is 8.83 Å². The molecule has 0 amide bonds. The number of hydrogen-bond donors (Lipinski definition) is 0. The molecule has 0 aliphatic carbocycles. The zero-order valence-corrected chi connectivity index (χ0v) is 13.9. The lowest BCUT2D eigenvalue weighted by Crippen LogP contribution is -1.84. The van der Waals surface area contributed by atoms with Gasteiger partial charge >= 0.3 is 12.0 Å². The van der Waals surface area contributed by atoms with E-state index in [1.807, 2.05) is 0 Å². The van der Waals surface area contributed by atoms with E-state index in [2.05, 4.69) is 0 Å². The van der Waals surface area contributed by atoms with Crippen LogP contribution in [0, 0.1) is 23.7 Å². The lowest BCUT2D eigenvalue weighted by molar-refractivity contribution is 0.342. The predicted molar refractivity (Wildman–Crippen MR) is 98.3 cm³/mol. The number of halogens is 4. The largest absolute Gasteiger partial charge is 0.429 e. The molecule has 4 aromatic carbocycles. The van der Waals surface area contributed by atoms with Gasteiger partial charge in [0.1, 0.15) is 11.2 Å². The van der Waals surface area contributed by atoms with Crippen molar-refractivity contribution in [3.05, 3.63) is 72.2 Å². The second kappa shape index (κ2) is 5.04. The number of furan rings is 2. The Kier molecular flexibility index (Phi) is 2.79. The van der Waals surface area contributed by atoms with Crippen molar-refractivity contribution in [3.8, 4) is 0 Å². The standard InChI is InChI=1S/C22H8F4O2/c23-19-17-13-3-1-9-10(12(13)6-8-15(17)27-21(19)25)2-4-14-11(9)5-7-16-18(14)20(24)22(26)28-16/h1-8H. The Labute approximate surface area is 153 Å². The van der Waals surface area contributed by atoms with Crippen LogP contribution in [0.1, 0.15) is 0 Å². The van der Waals surface area contributed by atoms with Gasteiger partial charge in [0, 0.05) is 0 Å². The Morgan fingerprint density at radius 3 is 1.18 bits per heavy atom. The van der Waals surface area contributed by atoms with Gasteiger partial charge in [0.05, 0.1) is 10.8 Å². The van der Waals surface area contributed by atoms with Crippen molar-refractivity contribution in [2.45, 2.75) is 0 Å². The van der Waals surface area contributed by atoms with E-state index in [0.717, 1.165) is 10.8 Å². The number of benzene rings is 4. The smallest absolute Gasteiger partial charge is 0.315 e. The first-order valence-electron chi connectivity index (χ1n) is 8.47. The highest BCUT2D eigenvalue weighted by Crippen LogP contribution is 2.39. The molecule has 0 fully saturated rings. The normalized spacial score (nSPS) is 12.3. The van der Waals surface area contributed by atoms with Gasteiger partial charge in [-0.2, -0.15) is 17.6 Å². The van der Waals surface area contributed by atoms with Crippen LogP contribution in [0.5, 0.6) is 0 Å². The molecule has 0 aliphatic rings. The first-order valence-corrected chi connectivity index (χ1v) is 8.47. The van der Waals surface area contributed by atoms with E-state index in [1.54, 1.807) is 36.4 Å². The summed E-state index contributed by atoms with van der Waals surface area (Å²) in [5.74, 6) is -2.06. The van der Waals surface area contributed by atoms with Crippen LogP contribution in [-0.2, 0) is 0 Å². The van der Waals surface area contributed by atoms with Crippen molar-refractivity contribution in [3.63, 3.8) is 0 Å². The van der Waals surface area contributed by atoms with Crippen molar-refractivity contribution in [1.29, 1.82) is 0 Å². The van der Waals surface area contributed by atoms with E-state index in [9.17, 15) is 17.6 Å². The van der Waals surface area contributed by atoms with Crippen LogP contribution in [-0.4, -0.2) is 0 Å². The third-order valence-electron chi connectivity index (χ3n) is 5.30. The molecule has 0 aliphatic heterocycles. The predicted octanol–water partition coefficient (Wildman–Crippen LogP) is 7.20. The first kappa shape index (κ1) is 15.5. The zero-order valence-electron chi connectivity index (χ0n) is 13.9. The molecule has 0 N–H and O–H groups in total. The fraction of sp³-hybridized carbons (Fsp3) is 0. The van der Waals surface area contributed by atoms with Crippen LogP contribution < -0.4 is 0 Å². The van der Waals surface area contributed by atoms with Gasteiger partial charge in [0.25, 0.3) is 0 Å². The summed E-state index contributed by atoms with van der Waals surface area (Å²) in [6.45, 7) is 0. The SMILES string of the molecule is Fc1oc2ccc3c4ccc5c(ccc6oc(F)c(F)c65)c4ccc3c2c1F. The maximum atomic E-state index is 14.2. The van der Waals surface area contributed by atoms with E-state index in [1.165, 1.54) is 12.1 Å². The number of rotatable bonds is 0. The second-order valence-electron chi connectivity index (χ2n) is 6.67. The van der Waals surface area contributed by atoms with Crippen LogP contribution in [0.3, 0.4) is 0 Å². The summed E-state index contributed by atoms with van der Waals surface area (Å²) < 4.78 is 65.2. The van der Waals surface area contributed by atoms with Gasteiger partial charge in [-0.25, -0.2) is 0 Å². The van der Waals surface area contributed by atoms with Gasteiger partial charge in [-0.15, -0.1) is 0 Å². The Bertz CT molecular complexity index is 1490. The summed E-state index contributed by atoms with van der Waals surface area (Å²) in [5, 5.41) is 4.13. The minimum atomic E-state index is -1.25. The van der Waals surface area contributed by atoms with Crippen LogP contribution in [0.4, 0.5) is 17.6 Å². The van der Waals surface area contributed by atoms with E-state index < -0.39 is 23.7 Å². The van der Waals surface area contributed by atoms with Gasteiger partial charge in [-0.3, -0.25) is 0 Å². The quantitative estimate of drug-likeness (QED) is 0.206. The number of fused-ring (bicyclic) bond motifs is 9. The molecular weight excluding hydrogens is 372 g/mol. The van der Waals surface area contributed by atoms with Crippen LogP contribution in [0.2, 0.25) is 0 Å². The Morgan fingerprint density at radius 2 is 0.750 bits per heavy atom. The van der Waals surface area contributed by atoms with Crippen molar-refractivity contribution in [1.82, 2.24) is 0 Å². The minimum absolute atomic E-state index is 0.0791. The molecule has 2 nitrogen and oxygen atoms in total. The molecule has 2 aromatic heterocycles. The molecule has 28 heavy (non-hydrogen) atoms. The summed E-state index contributed by atoms with van der Waals surface area (Å²) in [7, 11) is 0. The highest BCUT2D eigenvalue weighted by molar-refractivity contribution is 6.24. The fourth-order valence-corrected chi connectivity index (χ4v) is 4.10. The zero-order chi connectivity index (χ0) is 19.2. The third-order valence-corrected chi connectivity index (χ3v) is 5.30. The summed E-state index contributed by atoms with van der Waals surface area (Å²) in [6, 6.07) is 10.8. The summed E-state index contributed by atoms with van der Waals surface area (Å²) in [5.41, 5.74) is 0.251. The molecule has 6 rings (SSSR count). The molecule has 0 saturated heterocycles. The highest BCUT2D eigenvalue weighted by Gasteiger charge is 2.20. The minimum Gasteiger partial charge on any atom is -0.429 e. The average molecular weight is 380 g/mol. The topological polar surface area (TPSA) is 26.3 Å². The first-order chi connectivity index (χ1) is 13.5. The van der Waals surface area contributed by atoms with E-state index in [-0.39, 0.29) is 21.9 Å². The van der Waals surface area contributed by atoms with Crippen molar-refractivity contribution >= 4 is 54.3 Å². The molecule has 0 unspecified atom stereocenters. The van der Waals surface area contributed by atoms with Crippen LogP contribution in [0.15, 0.2) is 57.4 Å². The Hall–Kier alpha value is -3.54. The molecule has 6 aromatic rings. The molecule has 6 heteroatoms. The lowest BCUT2D eigenvalue weighted by Gasteiger charge is -2.08. The maximum Gasteiger partial charge on any atom is 0.315 e. The van der Waals surface area contributed by atoms with E-state index in [4.69, 9.17) is 8.83 Å². The van der Waals surface area contributed by atoms with Gasteiger partial charge in [-0.1, -0.05) is 36.4 Å². The Morgan fingerprint density at radius 1 is 0.429 bits per heavy atom. The molecule has 136 valence electrons. The molecule has 0 saturated carbocycles. The lowest BCUT2D eigenvalue weighted by atomic mass is 9.94. The maximum absolute atomic E-state index is 14.2. The molecule has 2 heterocycles. The van der Waals surface area contributed by atoms with Crippen LogP contribution in [0.25, 0.3) is 54.3 Å². The van der Waals surface area contributed by atoms with Gasteiger partial charge in [-0.05, 0) is 44.5 Å². The third kappa shape index (κ3) is 1.77. The molecule has 0 atom stereocenters. The molecule has 0 bridgehead atoms. The highest BCUT2D eigenvalue weighted by atomic mass is 19.2. The van der Waals surface area contributed by atoms with E-state index >= 15 is 0 Å². The summed E-state index contributed by atoms with van der Waals surface area (Å²) >= 11 is 0. The summed E-state index contributed by atoms with van der Waals surface area (Å²) in [4.78, 5) is 0. The number of hydrogen-bond acceptors (Lipinski definition) is 2. The van der Waals surface area contributed by atoms with Crippen molar-refractivity contribution in [2.24, 2.45) is 0 Å². The van der Waals surface area contributed by atoms with Crippen LogP contribution >= 0.6 is 0 Å². The summed E-state index contributed by atoms with van der Waals surface area (Å²) in [6.07, 6.45) is 0. The molecule has 0 spiro atoms. The van der Waals surface area contributed by atoms with E-state index in [0.29, 0.717) is 21.5 Å². The Balaban J connectivity index is 1.81. The monoisotopic (exact) mass is 380 g/mol. The average Bonchev–Trinajstić information content (AvgIpc) is 3.16. The van der Waals surface area contributed by atoms with Crippen molar-refractivity contribution < 1.29 is 26.4 Å². The fourth-order valence-electron chi connectivity index (χ4n) is 4.10. The van der Waals surface area contributed by atoms with Gasteiger partial charge in [0.2, 0.25) is 11.6 Å². The molecular formula is C22H8F4O2.